The van der Waals surface area contributed by atoms with E-state index >= 15 is 0 Å². The molecule has 0 saturated carbocycles. The number of carbonyl (C=O) groups excluding carboxylic acids is 1. The molecule has 0 aliphatic rings. The van der Waals surface area contributed by atoms with Gasteiger partial charge in [-0.3, -0.25) is 10.2 Å². The van der Waals surface area contributed by atoms with E-state index in [1.807, 2.05) is 0 Å². The summed E-state index contributed by atoms with van der Waals surface area (Å²) in [7, 11) is 0. The topological polar surface area (TPSA) is 83.8 Å². The number of halogens is 2. The molecule has 0 saturated heterocycles. The molecule has 0 spiro atoms. The van der Waals surface area contributed by atoms with Crippen LogP contribution in [-0.4, -0.2) is 28.9 Å². The number of hydrazone groups is 1. The molecule has 0 bridgehead atoms. The van der Waals surface area contributed by atoms with Crippen LogP contribution in [0.5, 0.6) is 5.75 Å². The highest BCUT2D eigenvalue weighted by atomic mass is 79.9. The van der Waals surface area contributed by atoms with Gasteiger partial charge in [0, 0.05) is 9.85 Å². The quantitative estimate of drug-likeness (QED) is 0.423. The van der Waals surface area contributed by atoms with Gasteiger partial charge in [0.2, 0.25) is 5.13 Å². The van der Waals surface area contributed by atoms with Crippen molar-refractivity contribution >= 4 is 56.2 Å². The summed E-state index contributed by atoms with van der Waals surface area (Å²) in [5.41, 5.74) is 3.80. The Kier molecular flexibility index (Phi) is 6.37. The molecule has 2 aromatic rings. The second-order valence-corrected chi connectivity index (χ2v) is 6.41. The van der Waals surface area contributed by atoms with Crippen LogP contribution in [-0.2, 0) is 16.0 Å². The van der Waals surface area contributed by atoms with Gasteiger partial charge in [-0.1, -0.05) is 11.6 Å². The van der Waals surface area contributed by atoms with Crippen molar-refractivity contribution < 1.29 is 14.6 Å². The molecule has 2 rings (SSSR count). The minimum atomic E-state index is -0.319. The highest BCUT2D eigenvalue weighted by molar-refractivity contribution is 9.10. The number of carbonyl (C=O) groups is 1. The Morgan fingerprint density at radius 1 is 1.61 bits per heavy atom. The second kappa shape index (κ2) is 8.28. The molecule has 0 aliphatic carbocycles. The summed E-state index contributed by atoms with van der Waals surface area (Å²) in [5.74, 6) is -0.380. The Labute approximate surface area is 150 Å². The highest BCUT2D eigenvalue weighted by Crippen LogP contribution is 2.31. The van der Waals surface area contributed by atoms with E-state index in [0.29, 0.717) is 27.5 Å². The van der Waals surface area contributed by atoms with Gasteiger partial charge >= 0.3 is 5.97 Å². The molecule has 1 aromatic carbocycles. The summed E-state index contributed by atoms with van der Waals surface area (Å²) >= 11 is 10.5. The van der Waals surface area contributed by atoms with Crippen molar-refractivity contribution in [3.8, 4) is 5.75 Å². The SMILES string of the molecule is CCOC(=O)Cc1csc(NN=Cc2c(Br)ccc(Cl)c2O)n1. The standard InChI is InChI=1S/C14H13BrClN3O3S/c1-2-22-12(20)5-8-7-23-14(18-8)19-17-6-9-10(15)3-4-11(16)13(9)21/h3-4,6-7,21H,2,5H2,1H3,(H,18,19). The van der Waals surface area contributed by atoms with Crippen LogP contribution >= 0.6 is 38.9 Å². The molecule has 0 unspecified atom stereocenters. The lowest BCUT2D eigenvalue weighted by atomic mass is 10.2. The Morgan fingerprint density at radius 2 is 2.39 bits per heavy atom. The molecule has 1 aromatic heterocycles. The number of thiazole rings is 1. The van der Waals surface area contributed by atoms with Gasteiger partial charge in [-0.05, 0) is 35.0 Å². The largest absolute Gasteiger partial charge is 0.506 e. The first-order chi connectivity index (χ1) is 11.0. The number of nitrogens with zero attached hydrogens (tertiary/aromatic N) is 2. The zero-order valence-corrected chi connectivity index (χ0v) is 15.2. The van der Waals surface area contributed by atoms with Crippen LogP contribution in [0.15, 0.2) is 27.1 Å². The molecule has 9 heteroatoms. The number of benzene rings is 1. The number of anilines is 1. The third-order valence-electron chi connectivity index (χ3n) is 2.65. The molecular weight excluding hydrogens is 406 g/mol. The maximum Gasteiger partial charge on any atom is 0.311 e. The Balaban J connectivity index is 2.00. The van der Waals surface area contributed by atoms with Crippen molar-refractivity contribution in [2.75, 3.05) is 12.0 Å². The molecular formula is C14H13BrClN3O3S. The predicted octanol–water partition coefficient (Wildman–Crippen LogP) is 3.82. The van der Waals surface area contributed by atoms with E-state index in [0.717, 1.165) is 0 Å². The summed E-state index contributed by atoms with van der Waals surface area (Å²) in [5, 5.41) is 16.4. The van der Waals surface area contributed by atoms with Crippen LogP contribution in [0.3, 0.4) is 0 Å². The highest BCUT2D eigenvalue weighted by Gasteiger charge is 2.09. The molecule has 2 N–H and O–H groups in total. The van der Waals surface area contributed by atoms with Gasteiger partial charge in [-0.2, -0.15) is 5.10 Å². The fourth-order valence-corrected chi connectivity index (χ4v) is 2.88. The first-order valence-corrected chi connectivity index (χ1v) is 8.62. The molecule has 0 atom stereocenters. The van der Waals surface area contributed by atoms with E-state index in [1.165, 1.54) is 17.6 Å². The average molecular weight is 419 g/mol. The van der Waals surface area contributed by atoms with Crippen LogP contribution in [0.1, 0.15) is 18.2 Å². The van der Waals surface area contributed by atoms with Gasteiger partial charge < -0.3 is 9.84 Å². The summed E-state index contributed by atoms with van der Waals surface area (Å²) in [6, 6.07) is 3.29. The lowest BCUT2D eigenvalue weighted by Gasteiger charge is -2.03. The number of phenols is 1. The van der Waals surface area contributed by atoms with Crippen LogP contribution in [0.25, 0.3) is 0 Å². The number of rotatable bonds is 6. The van der Waals surface area contributed by atoms with E-state index in [4.69, 9.17) is 16.3 Å². The minimum Gasteiger partial charge on any atom is -0.506 e. The summed E-state index contributed by atoms with van der Waals surface area (Å²) in [6.45, 7) is 2.10. The van der Waals surface area contributed by atoms with E-state index in [9.17, 15) is 9.90 Å². The molecule has 0 fully saturated rings. The lowest BCUT2D eigenvalue weighted by Crippen LogP contribution is -2.07. The van der Waals surface area contributed by atoms with Crippen LogP contribution < -0.4 is 5.43 Å². The maximum atomic E-state index is 11.4. The van der Waals surface area contributed by atoms with Crippen LogP contribution in [0.2, 0.25) is 5.02 Å². The monoisotopic (exact) mass is 417 g/mol. The minimum absolute atomic E-state index is 0.0614. The number of hydrogen-bond acceptors (Lipinski definition) is 7. The molecule has 0 radical (unpaired) electrons. The zero-order valence-electron chi connectivity index (χ0n) is 12.0. The summed E-state index contributed by atoms with van der Waals surface area (Å²) < 4.78 is 5.52. The number of nitrogens with one attached hydrogen (secondary N) is 1. The number of hydrogen-bond donors (Lipinski definition) is 2. The third kappa shape index (κ3) is 4.92. The third-order valence-corrected chi connectivity index (χ3v) is 4.44. The Hall–Kier alpha value is -1.64. The van der Waals surface area contributed by atoms with Gasteiger partial charge in [0.25, 0.3) is 0 Å². The summed E-state index contributed by atoms with van der Waals surface area (Å²) in [4.78, 5) is 15.6. The fraction of sp³-hybridized carbons (Fsp3) is 0.214. The van der Waals surface area contributed by atoms with Crippen molar-refractivity contribution in [1.82, 2.24) is 4.98 Å². The second-order valence-electron chi connectivity index (χ2n) is 4.29. The van der Waals surface area contributed by atoms with E-state index in [-0.39, 0.29) is 23.2 Å². The van der Waals surface area contributed by atoms with E-state index in [1.54, 1.807) is 24.4 Å². The fourth-order valence-electron chi connectivity index (χ4n) is 1.63. The molecule has 23 heavy (non-hydrogen) atoms. The average Bonchev–Trinajstić information content (AvgIpc) is 2.94. The normalized spacial score (nSPS) is 10.9. The predicted molar refractivity (Wildman–Crippen MR) is 94.5 cm³/mol. The van der Waals surface area contributed by atoms with Gasteiger partial charge in [-0.25, -0.2) is 4.98 Å². The molecule has 0 amide bonds. The van der Waals surface area contributed by atoms with Crippen molar-refractivity contribution in [2.45, 2.75) is 13.3 Å². The lowest BCUT2D eigenvalue weighted by molar-refractivity contribution is -0.142. The molecule has 122 valence electrons. The van der Waals surface area contributed by atoms with Gasteiger partial charge in [0.1, 0.15) is 5.75 Å². The zero-order chi connectivity index (χ0) is 16.8. The summed E-state index contributed by atoms with van der Waals surface area (Å²) in [6.07, 6.45) is 1.55. The molecule has 0 aliphatic heterocycles. The maximum absolute atomic E-state index is 11.4. The molecule has 6 nitrogen and oxygen atoms in total. The Bertz CT molecular complexity index is 736. The van der Waals surface area contributed by atoms with Crippen LogP contribution in [0, 0.1) is 0 Å². The van der Waals surface area contributed by atoms with Gasteiger partial charge in [0.15, 0.2) is 0 Å². The van der Waals surface area contributed by atoms with Crippen molar-refractivity contribution in [2.24, 2.45) is 5.10 Å². The van der Waals surface area contributed by atoms with Crippen LogP contribution in [0.4, 0.5) is 5.13 Å². The number of ether oxygens (including phenoxy) is 1. The van der Waals surface area contributed by atoms with Gasteiger partial charge in [0.05, 0.1) is 35.5 Å². The first kappa shape index (κ1) is 17.7. The smallest absolute Gasteiger partial charge is 0.311 e. The molecule has 1 heterocycles. The first-order valence-electron chi connectivity index (χ1n) is 6.57. The Morgan fingerprint density at radius 3 is 3.13 bits per heavy atom. The van der Waals surface area contributed by atoms with E-state index < -0.39 is 0 Å². The van der Waals surface area contributed by atoms with Gasteiger partial charge in [-0.15, -0.1) is 11.3 Å². The number of esters is 1. The number of phenolic OH excluding ortho intramolecular Hbond substituents is 1. The number of aromatic hydroxyl groups is 1. The van der Waals surface area contributed by atoms with Crippen molar-refractivity contribution in [1.29, 1.82) is 0 Å². The van der Waals surface area contributed by atoms with Crippen molar-refractivity contribution in [3.63, 3.8) is 0 Å². The van der Waals surface area contributed by atoms with Crippen molar-refractivity contribution in [3.05, 3.63) is 38.3 Å². The number of aromatic nitrogens is 1. The van der Waals surface area contributed by atoms with E-state index in [2.05, 4.69) is 31.4 Å².